The number of sulfonamides is 1. The number of nitrogens with zero attached hydrogens (tertiary/aromatic N) is 2. The molecule has 3 aromatic rings. The molecule has 0 aliphatic carbocycles. The second-order valence-electron chi connectivity index (χ2n) is 5.98. The monoisotopic (exact) mass is 407 g/mol. The quantitative estimate of drug-likeness (QED) is 0.714. The van der Waals surface area contributed by atoms with Crippen LogP contribution in [0.3, 0.4) is 0 Å². The van der Waals surface area contributed by atoms with Crippen LogP contribution in [-0.4, -0.2) is 13.0 Å². The number of aryl methyl sites for hydroxylation is 1. The van der Waals surface area contributed by atoms with Gasteiger partial charge in [-0.25, -0.2) is 18.5 Å². The summed E-state index contributed by atoms with van der Waals surface area (Å²) >= 11 is 7.45. The van der Waals surface area contributed by atoms with E-state index in [0.29, 0.717) is 5.56 Å². The fourth-order valence-electron chi connectivity index (χ4n) is 2.57. The molecular formula is C18H18ClN3O2S2. The summed E-state index contributed by atoms with van der Waals surface area (Å²) in [5, 5.41) is 7.28. The number of benzene rings is 2. The number of primary sulfonamides is 1. The van der Waals surface area contributed by atoms with Crippen LogP contribution in [0.1, 0.15) is 11.1 Å². The Hall–Kier alpha value is -1.93. The normalized spacial score (nSPS) is 12.6. The highest BCUT2D eigenvalue weighted by Gasteiger charge is 2.15. The Balaban J connectivity index is 2.14. The first-order valence-corrected chi connectivity index (χ1v) is 10.6. The molecule has 2 aromatic carbocycles. The average Bonchev–Trinajstić information content (AvgIpc) is 2.92. The molecule has 0 bridgehead atoms. The molecule has 136 valence electrons. The van der Waals surface area contributed by atoms with E-state index in [9.17, 15) is 8.42 Å². The SMILES string of the molecule is Cc1cccc(N=c2scc(-c3ccc(Cl)c(S(N)(=O)=O)c3)n2C)c1C. The highest BCUT2D eigenvalue weighted by molar-refractivity contribution is 7.89. The predicted molar refractivity (Wildman–Crippen MR) is 106 cm³/mol. The third-order valence-electron chi connectivity index (χ3n) is 4.25. The first-order valence-electron chi connectivity index (χ1n) is 7.76. The van der Waals surface area contributed by atoms with Crippen molar-refractivity contribution < 1.29 is 8.42 Å². The summed E-state index contributed by atoms with van der Waals surface area (Å²) in [6, 6.07) is 10.8. The maximum absolute atomic E-state index is 11.7. The molecule has 0 fully saturated rings. The molecule has 1 heterocycles. The van der Waals surface area contributed by atoms with Crippen LogP contribution in [0.5, 0.6) is 0 Å². The van der Waals surface area contributed by atoms with Gasteiger partial charge in [-0.05, 0) is 43.2 Å². The van der Waals surface area contributed by atoms with E-state index in [0.717, 1.165) is 21.7 Å². The van der Waals surface area contributed by atoms with Crippen LogP contribution in [0.2, 0.25) is 5.02 Å². The molecule has 0 atom stereocenters. The van der Waals surface area contributed by atoms with Crippen molar-refractivity contribution in [3.05, 3.63) is 62.7 Å². The van der Waals surface area contributed by atoms with Crippen molar-refractivity contribution in [3.63, 3.8) is 0 Å². The standard InChI is InChI=1S/C18H18ClN3O2S2/c1-11-5-4-6-15(12(11)2)21-18-22(3)16(10-25-18)13-7-8-14(19)17(9-13)26(20,23)24/h4-10H,1-3H3,(H2,20,23,24). The van der Waals surface area contributed by atoms with Crippen molar-refractivity contribution >= 4 is 38.6 Å². The van der Waals surface area contributed by atoms with Crippen LogP contribution >= 0.6 is 22.9 Å². The largest absolute Gasteiger partial charge is 0.320 e. The van der Waals surface area contributed by atoms with Crippen molar-refractivity contribution in [2.24, 2.45) is 17.2 Å². The van der Waals surface area contributed by atoms with E-state index in [1.165, 1.54) is 29.0 Å². The first-order chi connectivity index (χ1) is 12.2. The lowest BCUT2D eigenvalue weighted by Gasteiger charge is -2.07. The fourth-order valence-corrected chi connectivity index (χ4v) is 4.56. The Morgan fingerprint density at radius 2 is 1.92 bits per heavy atom. The zero-order valence-electron chi connectivity index (χ0n) is 14.5. The molecule has 0 unspecified atom stereocenters. The molecule has 5 nitrogen and oxygen atoms in total. The van der Waals surface area contributed by atoms with Gasteiger partial charge in [0, 0.05) is 18.0 Å². The van der Waals surface area contributed by atoms with Gasteiger partial charge in [0.15, 0.2) is 4.80 Å². The lowest BCUT2D eigenvalue weighted by Crippen LogP contribution is -2.14. The topological polar surface area (TPSA) is 77.4 Å². The van der Waals surface area contributed by atoms with Gasteiger partial charge in [0.1, 0.15) is 4.90 Å². The van der Waals surface area contributed by atoms with Gasteiger partial charge in [0.25, 0.3) is 0 Å². The number of rotatable bonds is 3. The van der Waals surface area contributed by atoms with E-state index in [-0.39, 0.29) is 9.92 Å². The van der Waals surface area contributed by atoms with Crippen LogP contribution in [0, 0.1) is 13.8 Å². The summed E-state index contributed by atoms with van der Waals surface area (Å²) in [5.74, 6) is 0. The van der Waals surface area contributed by atoms with E-state index >= 15 is 0 Å². The molecule has 0 spiro atoms. The Labute approximate surface area is 161 Å². The maximum atomic E-state index is 11.7. The van der Waals surface area contributed by atoms with Crippen LogP contribution < -0.4 is 9.94 Å². The zero-order valence-corrected chi connectivity index (χ0v) is 16.9. The molecule has 26 heavy (non-hydrogen) atoms. The number of nitrogens with two attached hydrogens (primary N) is 1. The Bertz CT molecular complexity index is 1160. The van der Waals surface area contributed by atoms with Crippen molar-refractivity contribution in [3.8, 4) is 11.3 Å². The molecule has 1 aromatic heterocycles. The van der Waals surface area contributed by atoms with Gasteiger partial charge < -0.3 is 4.57 Å². The van der Waals surface area contributed by atoms with Crippen molar-refractivity contribution in [1.82, 2.24) is 4.57 Å². The zero-order chi connectivity index (χ0) is 19.1. The minimum absolute atomic E-state index is 0.0871. The molecule has 3 rings (SSSR count). The molecular weight excluding hydrogens is 390 g/mol. The molecule has 0 saturated heterocycles. The molecule has 0 radical (unpaired) electrons. The summed E-state index contributed by atoms with van der Waals surface area (Å²) in [4.78, 5) is 5.47. The fraction of sp³-hybridized carbons (Fsp3) is 0.167. The van der Waals surface area contributed by atoms with Gasteiger partial charge in [0.2, 0.25) is 10.0 Å². The van der Waals surface area contributed by atoms with Crippen LogP contribution in [-0.2, 0) is 17.1 Å². The van der Waals surface area contributed by atoms with Gasteiger partial charge in [-0.1, -0.05) is 29.8 Å². The highest BCUT2D eigenvalue weighted by atomic mass is 35.5. The minimum Gasteiger partial charge on any atom is -0.320 e. The van der Waals surface area contributed by atoms with E-state index in [1.54, 1.807) is 6.07 Å². The lowest BCUT2D eigenvalue weighted by molar-refractivity contribution is 0.598. The van der Waals surface area contributed by atoms with Gasteiger partial charge >= 0.3 is 0 Å². The van der Waals surface area contributed by atoms with Crippen LogP contribution in [0.15, 0.2) is 51.7 Å². The Morgan fingerprint density at radius 1 is 1.19 bits per heavy atom. The third-order valence-corrected chi connectivity index (χ3v) is 6.56. The summed E-state index contributed by atoms with van der Waals surface area (Å²) in [5.41, 5.74) is 4.77. The minimum atomic E-state index is -3.89. The van der Waals surface area contributed by atoms with Crippen LogP contribution in [0.25, 0.3) is 11.3 Å². The average molecular weight is 408 g/mol. The molecule has 8 heteroatoms. The number of halogens is 1. The van der Waals surface area contributed by atoms with Gasteiger partial charge in [-0.2, -0.15) is 0 Å². The Morgan fingerprint density at radius 3 is 2.62 bits per heavy atom. The summed E-state index contributed by atoms with van der Waals surface area (Å²) in [6.07, 6.45) is 0. The van der Waals surface area contributed by atoms with Crippen LogP contribution in [0.4, 0.5) is 5.69 Å². The van der Waals surface area contributed by atoms with Gasteiger partial charge in [-0.15, -0.1) is 11.3 Å². The summed E-state index contributed by atoms with van der Waals surface area (Å²) in [6.45, 7) is 4.09. The Kier molecular flexibility index (Phi) is 5.07. The van der Waals surface area contributed by atoms with Gasteiger partial charge in [-0.3, -0.25) is 0 Å². The summed E-state index contributed by atoms with van der Waals surface area (Å²) < 4.78 is 25.3. The van der Waals surface area contributed by atoms with Gasteiger partial charge in [0.05, 0.1) is 16.4 Å². The lowest BCUT2D eigenvalue weighted by atomic mass is 10.1. The number of hydrogen-bond donors (Lipinski definition) is 1. The first kappa shape index (κ1) is 18.8. The van der Waals surface area contributed by atoms with Crippen molar-refractivity contribution in [2.75, 3.05) is 0 Å². The predicted octanol–water partition coefficient (Wildman–Crippen LogP) is 3.90. The molecule has 0 saturated carbocycles. The molecule has 0 aliphatic heterocycles. The van der Waals surface area contributed by atoms with E-state index in [4.69, 9.17) is 21.7 Å². The van der Waals surface area contributed by atoms with Crippen molar-refractivity contribution in [1.29, 1.82) is 0 Å². The molecule has 0 aliphatic rings. The van der Waals surface area contributed by atoms with E-state index < -0.39 is 10.0 Å². The third kappa shape index (κ3) is 3.61. The smallest absolute Gasteiger partial charge is 0.239 e. The molecule has 0 amide bonds. The second-order valence-corrected chi connectivity index (χ2v) is 8.76. The maximum Gasteiger partial charge on any atom is 0.239 e. The highest BCUT2D eigenvalue weighted by Crippen LogP contribution is 2.28. The number of aromatic nitrogens is 1. The second kappa shape index (κ2) is 7.00. The summed E-state index contributed by atoms with van der Waals surface area (Å²) in [7, 11) is -2.00. The van der Waals surface area contributed by atoms with E-state index in [1.807, 2.05) is 36.1 Å². The van der Waals surface area contributed by atoms with Crippen molar-refractivity contribution in [2.45, 2.75) is 18.7 Å². The molecule has 2 N–H and O–H groups in total. The number of hydrogen-bond acceptors (Lipinski definition) is 4. The van der Waals surface area contributed by atoms with E-state index in [2.05, 4.69) is 13.0 Å². The number of thiazole rings is 1.